The number of hydrogen-bond acceptors (Lipinski definition) is 3. The van der Waals surface area contributed by atoms with Gasteiger partial charge in [0.05, 0.1) is 23.4 Å². The van der Waals surface area contributed by atoms with Crippen LogP contribution in [0.1, 0.15) is 35.3 Å². The minimum absolute atomic E-state index is 0.292. The van der Waals surface area contributed by atoms with E-state index in [1.165, 1.54) is 5.56 Å². The van der Waals surface area contributed by atoms with Crippen LogP contribution in [0.25, 0.3) is 22.2 Å². The van der Waals surface area contributed by atoms with Crippen LogP contribution in [-0.4, -0.2) is 17.6 Å². The van der Waals surface area contributed by atoms with Gasteiger partial charge in [0.2, 0.25) is 0 Å². The van der Waals surface area contributed by atoms with Crippen LogP contribution in [0.15, 0.2) is 48.5 Å². The number of carbonyl (C=O) groups is 1. The Morgan fingerprint density at radius 2 is 1.80 bits per heavy atom. The summed E-state index contributed by atoms with van der Waals surface area (Å²) in [5.74, 6) is 0.00965. The smallest absolute Gasteiger partial charge is 0.338 e. The third-order valence-corrected chi connectivity index (χ3v) is 4.16. The molecule has 3 heteroatoms. The number of benzene rings is 2. The van der Waals surface area contributed by atoms with Crippen molar-refractivity contribution in [2.45, 2.75) is 27.7 Å². The van der Waals surface area contributed by atoms with Crippen LogP contribution in [0.2, 0.25) is 0 Å². The van der Waals surface area contributed by atoms with Gasteiger partial charge in [-0.3, -0.25) is 0 Å². The summed E-state index contributed by atoms with van der Waals surface area (Å²) in [5, 5.41) is 0.838. The Morgan fingerprint density at radius 3 is 2.48 bits per heavy atom. The van der Waals surface area contributed by atoms with Gasteiger partial charge in [-0.05, 0) is 31.4 Å². The van der Waals surface area contributed by atoms with E-state index in [-0.39, 0.29) is 5.97 Å². The second kappa shape index (κ2) is 7.06. The Balaban J connectivity index is 2.15. The van der Waals surface area contributed by atoms with E-state index in [1.54, 1.807) is 0 Å². The second-order valence-electron chi connectivity index (χ2n) is 6.88. The molecule has 128 valence electrons. The van der Waals surface area contributed by atoms with E-state index in [0.717, 1.165) is 27.7 Å². The monoisotopic (exact) mass is 333 g/mol. The first-order chi connectivity index (χ1) is 12.0. The van der Waals surface area contributed by atoms with Gasteiger partial charge in [0.1, 0.15) is 0 Å². The van der Waals surface area contributed by atoms with Crippen LogP contribution >= 0.6 is 0 Å². The van der Waals surface area contributed by atoms with Crippen molar-refractivity contribution in [1.29, 1.82) is 0 Å². The van der Waals surface area contributed by atoms with Crippen molar-refractivity contribution < 1.29 is 9.53 Å². The lowest BCUT2D eigenvalue weighted by Crippen LogP contribution is -2.11. The largest absolute Gasteiger partial charge is 0.462 e. The van der Waals surface area contributed by atoms with Crippen molar-refractivity contribution in [2.75, 3.05) is 6.61 Å². The van der Waals surface area contributed by atoms with Crippen molar-refractivity contribution in [3.63, 3.8) is 0 Å². The zero-order valence-electron chi connectivity index (χ0n) is 15.2. The third kappa shape index (κ3) is 3.71. The molecule has 1 aromatic heterocycles. The Morgan fingerprint density at radius 1 is 1.08 bits per heavy atom. The molecular formula is C22H23NO2. The van der Waals surface area contributed by atoms with Gasteiger partial charge >= 0.3 is 5.97 Å². The molecule has 0 aliphatic carbocycles. The maximum absolute atomic E-state index is 12.7. The zero-order valence-corrected chi connectivity index (χ0v) is 15.2. The lowest BCUT2D eigenvalue weighted by atomic mass is 10.0. The summed E-state index contributed by atoms with van der Waals surface area (Å²) >= 11 is 0. The first kappa shape index (κ1) is 17.2. The van der Waals surface area contributed by atoms with Gasteiger partial charge in [0, 0.05) is 10.9 Å². The number of hydrogen-bond donors (Lipinski definition) is 0. The summed E-state index contributed by atoms with van der Waals surface area (Å²) in [6.07, 6.45) is 0. The molecule has 0 amide bonds. The van der Waals surface area contributed by atoms with Crippen LogP contribution < -0.4 is 0 Å². The standard InChI is InChI=1S/C22H23NO2/c1-14(2)13-25-22(24)19-12-20(17-10-8-15(3)9-11-17)23-21-16(4)6-5-7-18(19)21/h5-12,14H,13H2,1-4H3. The molecule has 0 N–H and O–H groups in total. The molecule has 1 heterocycles. The highest BCUT2D eigenvalue weighted by Gasteiger charge is 2.16. The fourth-order valence-electron chi connectivity index (χ4n) is 2.75. The fraction of sp³-hybridized carbons (Fsp3) is 0.273. The van der Waals surface area contributed by atoms with Crippen LogP contribution in [0, 0.1) is 19.8 Å². The Hall–Kier alpha value is -2.68. The lowest BCUT2D eigenvalue weighted by molar-refractivity contribution is 0.0461. The van der Waals surface area contributed by atoms with Crippen molar-refractivity contribution >= 4 is 16.9 Å². The Kier molecular flexibility index (Phi) is 4.84. The van der Waals surface area contributed by atoms with Gasteiger partial charge < -0.3 is 4.74 Å². The molecule has 25 heavy (non-hydrogen) atoms. The minimum Gasteiger partial charge on any atom is -0.462 e. The molecule has 2 aromatic carbocycles. The first-order valence-corrected chi connectivity index (χ1v) is 8.60. The van der Waals surface area contributed by atoms with E-state index in [1.807, 2.05) is 57.2 Å². The molecule has 3 aromatic rings. The topological polar surface area (TPSA) is 39.2 Å². The van der Waals surface area contributed by atoms with Gasteiger partial charge in [-0.25, -0.2) is 9.78 Å². The summed E-state index contributed by atoms with van der Waals surface area (Å²) in [6, 6.07) is 15.9. The minimum atomic E-state index is -0.292. The maximum Gasteiger partial charge on any atom is 0.338 e. The molecule has 3 rings (SSSR count). The van der Waals surface area contributed by atoms with E-state index >= 15 is 0 Å². The number of rotatable bonds is 4. The molecule has 0 saturated heterocycles. The van der Waals surface area contributed by atoms with Crippen molar-refractivity contribution in [3.8, 4) is 11.3 Å². The molecule has 0 radical (unpaired) electrons. The molecule has 0 bridgehead atoms. The Labute approximate surface area is 148 Å². The molecule has 0 aliphatic heterocycles. The van der Waals surface area contributed by atoms with Gasteiger partial charge in [-0.2, -0.15) is 0 Å². The number of aromatic nitrogens is 1. The van der Waals surface area contributed by atoms with Gasteiger partial charge in [0.25, 0.3) is 0 Å². The molecule has 0 spiro atoms. The molecule has 0 saturated carbocycles. The normalized spacial score (nSPS) is 11.1. The van der Waals surface area contributed by atoms with Crippen LogP contribution in [0.4, 0.5) is 0 Å². The van der Waals surface area contributed by atoms with E-state index in [4.69, 9.17) is 9.72 Å². The summed E-state index contributed by atoms with van der Waals surface area (Å²) in [7, 11) is 0. The second-order valence-corrected chi connectivity index (χ2v) is 6.88. The van der Waals surface area contributed by atoms with Gasteiger partial charge in [-0.1, -0.05) is 61.9 Å². The van der Waals surface area contributed by atoms with Crippen LogP contribution in [0.5, 0.6) is 0 Å². The summed E-state index contributed by atoms with van der Waals surface area (Å²) in [4.78, 5) is 17.5. The van der Waals surface area contributed by atoms with Crippen LogP contribution in [-0.2, 0) is 4.74 Å². The number of para-hydroxylation sites is 1. The van der Waals surface area contributed by atoms with E-state index in [0.29, 0.717) is 18.1 Å². The summed E-state index contributed by atoms with van der Waals surface area (Å²) in [5.41, 5.74) is 5.44. The van der Waals surface area contributed by atoms with Crippen molar-refractivity contribution in [3.05, 3.63) is 65.2 Å². The number of pyridine rings is 1. The third-order valence-electron chi connectivity index (χ3n) is 4.16. The molecule has 0 unspecified atom stereocenters. The number of ether oxygens (including phenoxy) is 1. The van der Waals surface area contributed by atoms with Crippen molar-refractivity contribution in [1.82, 2.24) is 4.98 Å². The highest BCUT2D eigenvalue weighted by molar-refractivity contribution is 6.05. The summed E-state index contributed by atoms with van der Waals surface area (Å²) in [6.45, 7) is 8.53. The Bertz CT molecular complexity index is 911. The number of aryl methyl sites for hydroxylation is 2. The molecule has 0 aliphatic rings. The predicted octanol–water partition coefficient (Wildman–Crippen LogP) is 5.33. The zero-order chi connectivity index (χ0) is 18.0. The number of carbonyl (C=O) groups excluding carboxylic acids is 1. The number of fused-ring (bicyclic) bond motifs is 1. The fourth-order valence-corrected chi connectivity index (χ4v) is 2.75. The highest BCUT2D eigenvalue weighted by Crippen LogP contribution is 2.27. The van der Waals surface area contributed by atoms with Gasteiger partial charge in [0.15, 0.2) is 0 Å². The summed E-state index contributed by atoms with van der Waals surface area (Å²) < 4.78 is 5.48. The quantitative estimate of drug-likeness (QED) is 0.606. The van der Waals surface area contributed by atoms with Gasteiger partial charge in [-0.15, -0.1) is 0 Å². The molecule has 0 atom stereocenters. The van der Waals surface area contributed by atoms with E-state index in [9.17, 15) is 4.79 Å². The first-order valence-electron chi connectivity index (χ1n) is 8.60. The molecule has 3 nitrogen and oxygen atoms in total. The predicted molar refractivity (Wildman–Crippen MR) is 102 cm³/mol. The number of esters is 1. The van der Waals surface area contributed by atoms with E-state index in [2.05, 4.69) is 19.1 Å². The molecular weight excluding hydrogens is 310 g/mol. The van der Waals surface area contributed by atoms with E-state index < -0.39 is 0 Å². The lowest BCUT2D eigenvalue weighted by Gasteiger charge is -2.12. The SMILES string of the molecule is Cc1ccc(-c2cc(C(=O)OCC(C)C)c3cccc(C)c3n2)cc1. The number of nitrogens with zero attached hydrogens (tertiary/aromatic N) is 1. The maximum atomic E-state index is 12.7. The average Bonchev–Trinajstić information content (AvgIpc) is 2.60. The van der Waals surface area contributed by atoms with Crippen LogP contribution in [0.3, 0.4) is 0 Å². The highest BCUT2D eigenvalue weighted by atomic mass is 16.5. The molecule has 0 fully saturated rings. The average molecular weight is 333 g/mol. The van der Waals surface area contributed by atoms with Crippen molar-refractivity contribution in [2.24, 2.45) is 5.92 Å².